The summed E-state index contributed by atoms with van der Waals surface area (Å²) in [5, 5.41) is 18.9. The standard InChI is InChI=1S/C59H73FN8O13/c1-9-59(41-25-45-53-39(27-68(45)56(76)40(41)30-79-57(59)77)51-43(62-48(72)28-69)19-18-38-35(6)42(60)26-44(63-53)50(38)51)81-31-66(22-21-65(7)8)58(78)80-29-36-14-16-37(17-15-36)61-54(74)33(4)23-46(70)52(32(2)3)64-47(71)13-11-10-12-20-67-49(73)24-34(5)55(67)75/h14-17,25-26,32-34,43,52,69H,9-13,18-24,27-31H2,1-8H3,(H,61,74)(H,62,72)(H,64,71)/t33-,34?,43+,52+,59+/m1/s1. The minimum atomic E-state index is -1.86. The van der Waals surface area contributed by atoms with E-state index in [4.69, 9.17) is 19.2 Å². The quantitative estimate of drug-likeness (QED) is 0.0260. The van der Waals surface area contributed by atoms with Crippen molar-refractivity contribution in [2.75, 3.05) is 52.4 Å². The van der Waals surface area contributed by atoms with Gasteiger partial charge in [0.1, 0.15) is 32.4 Å². The molecule has 81 heavy (non-hydrogen) atoms. The van der Waals surface area contributed by atoms with E-state index in [0.717, 1.165) is 5.56 Å². The van der Waals surface area contributed by atoms with Crippen molar-refractivity contribution in [3.63, 3.8) is 0 Å². The molecule has 3 aliphatic heterocycles. The number of nitrogens with one attached hydrogen (secondary N) is 3. The van der Waals surface area contributed by atoms with Gasteiger partial charge in [-0.3, -0.25) is 43.4 Å². The van der Waals surface area contributed by atoms with Crippen molar-refractivity contribution in [1.82, 2.24) is 34.9 Å². The van der Waals surface area contributed by atoms with Gasteiger partial charge in [0.25, 0.3) is 5.56 Å². The summed E-state index contributed by atoms with van der Waals surface area (Å²) in [6.45, 7) is 9.58. The Morgan fingerprint density at radius 1 is 0.975 bits per heavy atom. The number of fused-ring (bicyclic) bond motifs is 5. The van der Waals surface area contributed by atoms with Crippen molar-refractivity contribution in [2.24, 2.45) is 17.8 Å². The maximum Gasteiger partial charge on any atom is 0.411 e. The van der Waals surface area contributed by atoms with E-state index in [-0.39, 0.29) is 98.5 Å². The molecule has 6 amide bonds. The van der Waals surface area contributed by atoms with Crippen LogP contribution in [0.4, 0.5) is 14.9 Å². The molecule has 4 aliphatic rings. The third-order valence-electron chi connectivity index (χ3n) is 16.0. The van der Waals surface area contributed by atoms with Gasteiger partial charge in [-0.15, -0.1) is 0 Å². The number of Topliss-reactive ketones (excluding diaryl/α,β-unsaturated/α-hetero) is 1. The van der Waals surface area contributed by atoms with Crippen molar-refractivity contribution in [2.45, 2.75) is 137 Å². The molecule has 2 aromatic heterocycles. The van der Waals surface area contributed by atoms with Gasteiger partial charge in [0.15, 0.2) is 11.4 Å². The molecule has 0 bridgehead atoms. The van der Waals surface area contributed by atoms with Crippen molar-refractivity contribution < 1.29 is 62.1 Å². The Morgan fingerprint density at radius 2 is 1.72 bits per heavy atom. The number of aromatic nitrogens is 2. The van der Waals surface area contributed by atoms with Gasteiger partial charge in [-0.1, -0.05) is 53.2 Å². The second-order valence-corrected chi connectivity index (χ2v) is 22.3. The van der Waals surface area contributed by atoms with Crippen LogP contribution < -0.4 is 21.5 Å². The van der Waals surface area contributed by atoms with Gasteiger partial charge in [-0.05, 0) is 99.5 Å². The van der Waals surface area contributed by atoms with Gasteiger partial charge >= 0.3 is 12.1 Å². The van der Waals surface area contributed by atoms with Crippen LogP contribution in [0.1, 0.15) is 131 Å². The molecule has 1 unspecified atom stereocenters. The maximum absolute atomic E-state index is 15.5. The van der Waals surface area contributed by atoms with Crippen LogP contribution in [-0.2, 0) is 79.6 Å². The molecule has 0 radical (unpaired) electrons. The number of hydrogen-bond donors (Lipinski definition) is 4. The second kappa shape index (κ2) is 25.2. The number of halogens is 1. The zero-order valence-electron chi connectivity index (χ0n) is 47.3. The third-order valence-corrected chi connectivity index (χ3v) is 16.0. The van der Waals surface area contributed by atoms with Crippen LogP contribution in [0, 0.1) is 30.5 Å². The van der Waals surface area contributed by atoms with Crippen molar-refractivity contribution >= 4 is 64.0 Å². The number of imide groups is 1. The molecular formula is C59H73FN8O13. The highest BCUT2D eigenvalue weighted by Gasteiger charge is 2.49. The fourth-order valence-electron chi connectivity index (χ4n) is 11.3. The van der Waals surface area contributed by atoms with Gasteiger partial charge in [-0.2, -0.15) is 0 Å². The first-order valence-corrected chi connectivity index (χ1v) is 27.8. The minimum Gasteiger partial charge on any atom is -0.458 e. The number of likely N-dealkylation sites (tertiary alicyclic amines) is 1. The fourth-order valence-corrected chi connectivity index (χ4v) is 11.3. The van der Waals surface area contributed by atoms with Crippen LogP contribution in [-0.4, -0.2) is 130 Å². The number of likely N-dealkylation sites (N-methyl/N-ethyl adjacent to an activating group) is 1. The van der Waals surface area contributed by atoms with Crippen LogP contribution in [0.25, 0.3) is 22.3 Å². The Morgan fingerprint density at radius 3 is 2.38 bits per heavy atom. The van der Waals surface area contributed by atoms with E-state index in [1.54, 1.807) is 58.0 Å². The van der Waals surface area contributed by atoms with Crippen molar-refractivity contribution in [1.29, 1.82) is 0 Å². The summed E-state index contributed by atoms with van der Waals surface area (Å²) in [4.78, 5) is 128. The highest BCUT2D eigenvalue weighted by atomic mass is 19.1. The number of carbonyl (C=O) groups excluding carboxylic acids is 8. The Balaban J connectivity index is 0.896. The molecule has 22 heteroatoms. The number of unbranched alkanes of at least 4 members (excludes halogenated alkanes) is 2. The van der Waals surface area contributed by atoms with Gasteiger partial charge < -0.3 is 44.7 Å². The number of aliphatic hydroxyl groups is 1. The second-order valence-electron chi connectivity index (χ2n) is 22.3. The largest absolute Gasteiger partial charge is 0.458 e. The summed E-state index contributed by atoms with van der Waals surface area (Å²) in [6, 6.07) is 8.25. The first-order valence-electron chi connectivity index (χ1n) is 27.8. The number of cyclic esters (lactones) is 1. The Labute approximate surface area is 469 Å². The minimum absolute atomic E-state index is 0.00240. The summed E-state index contributed by atoms with van der Waals surface area (Å²) in [5.41, 5.74) is 2.73. The number of anilines is 1. The molecule has 1 aliphatic carbocycles. The number of nitrogens with zero attached hydrogens (tertiary/aromatic N) is 5. The van der Waals surface area contributed by atoms with E-state index in [2.05, 4.69) is 16.0 Å². The van der Waals surface area contributed by atoms with Gasteiger partial charge in [0, 0.05) is 79.0 Å². The lowest BCUT2D eigenvalue weighted by Gasteiger charge is -2.37. The highest BCUT2D eigenvalue weighted by molar-refractivity contribution is 6.03. The molecule has 4 N–H and O–H groups in total. The molecule has 21 nitrogen and oxygen atoms in total. The van der Waals surface area contributed by atoms with Crippen molar-refractivity contribution in [3.8, 4) is 11.4 Å². The van der Waals surface area contributed by atoms with Crippen LogP contribution in [0.2, 0.25) is 0 Å². The first kappa shape index (κ1) is 59.7. The van der Waals surface area contributed by atoms with Crippen LogP contribution in [0.5, 0.6) is 0 Å². The summed E-state index contributed by atoms with van der Waals surface area (Å²) in [6.07, 6.45) is 2.11. The summed E-state index contributed by atoms with van der Waals surface area (Å²) in [7, 11) is 3.65. The third kappa shape index (κ3) is 12.6. The number of hydrogen-bond acceptors (Lipinski definition) is 15. The Kier molecular flexibility index (Phi) is 18.5. The molecule has 434 valence electrons. The number of pyridine rings is 2. The molecule has 1 saturated heterocycles. The normalized spacial score (nSPS) is 18.8. The average molecular weight is 1120 g/mol. The van der Waals surface area contributed by atoms with Crippen LogP contribution in [0.3, 0.4) is 0 Å². The fraction of sp³-hybridized carbons (Fsp3) is 0.525. The lowest BCUT2D eigenvalue weighted by molar-refractivity contribution is -0.187. The number of benzene rings is 2. The Hall–Kier alpha value is -7.43. The lowest BCUT2D eigenvalue weighted by atomic mass is 9.81. The number of aliphatic hydroxyl groups excluding tert-OH is 1. The predicted molar refractivity (Wildman–Crippen MR) is 294 cm³/mol. The molecule has 0 saturated carbocycles. The van der Waals surface area contributed by atoms with E-state index in [1.165, 1.54) is 20.4 Å². The predicted octanol–water partition coefficient (Wildman–Crippen LogP) is 5.44. The smallest absolute Gasteiger partial charge is 0.411 e. The molecule has 4 aromatic rings. The number of ether oxygens (including phenoxy) is 3. The molecular weight excluding hydrogens is 1050 g/mol. The molecule has 2 aromatic carbocycles. The zero-order valence-corrected chi connectivity index (χ0v) is 47.3. The monoisotopic (exact) mass is 1120 g/mol. The number of carbonyl (C=O) groups is 8. The van der Waals surface area contributed by atoms with Crippen LogP contribution in [0.15, 0.2) is 41.2 Å². The molecule has 0 spiro atoms. The first-order chi connectivity index (χ1) is 38.6. The maximum atomic E-state index is 15.5. The molecule has 1 fully saturated rings. The highest BCUT2D eigenvalue weighted by Crippen LogP contribution is 2.46. The van der Waals surface area contributed by atoms with E-state index >= 15 is 4.39 Å². The SMILES string of the molecule is CC[C@@]1(OCN(CCN(C)C)C(=O)OCc2ccc(NC(=O)[C@H](C)CC(=O)[C@@H](NC(=O)CCCCCN3C(=O)CC(C)C3=O)C(C)C)cc2)C(=O)OCc2c1cc1n(c2=O)Cc2c-1nc1cc(F)c(C)c3c1c2[C@@H](NC(=O)CO)CC3. The molecule has 5 heterocycles. The van der Waals surface area contributed by atoms with E-state index < -0.39 is 72.2 Å². The van der Waals surface area contributed by atoms with E-state index in [1.807, 2.05) is 32.8 Å². The van der Waals surface area contributed by atoms with Crippen molar-refractivity contribution in [3.05, 3.63) is 91.5 Å². The zero-order chi connectivity index (χ0) is 58.6. The summed E-state index contributed by atoms with van der Waals surface area (Å²) < 4.78 is 34.9. The van der Waals surface area contributed by atoms with Gasteiger partial charge in [-0.25, -0.2) is 19.0 Å². The van der Waals surface area contributed by atoms with E-state index in [0.29, 0.717) is 95.4 Å². The number of esters is 1. The summed E-state index contributed by atoms with van der Waals surface area (Å²) >= 11 is 0. The van der Waals surface area contributed by atoms with E-state index in [9.17, 15) is 48.3 Å². The van der Waals surface area contributed by atoms with Crippen LogP contribution >= 0.6 is 0 Å². The number of rotatable bonds is 24. The topological polar surface area (TPSA) is 265 Å². The van der Waals surface area contributed by atoms with Gasteiger partial charge in [0.05, 0.1) is 41.1 Å². The molecule has 8 rings (SSSR count). The average Bonchev–Trinajstić information content (AvgIpc) is 3.10. The lowest BCUT2D eigenvalue weighted by Crippen LogP contribution is -2.49. The Bertz CT molecular complexity index is 3210. The van der Waals surface area contributed by atoms with Gasteiger partial charge in [0.2, 0.25) is 29.5 Å². The summed E-state index contributed by atoms with van der Waals surface area (Å²) in [5.74, 6) is -4.40. The number of amides is 6. The molecule has 5 atom stereocenters. The number of aryl methyl sites for hydroxylation is 1. The number of ketones is 1.